The number of alkyl carbamates (subject to hydrolysis) is 1. The molecule has 8 heteroatoms. The number of allylic oxidation sites excluding steroid dienone is 1. The maximum absolute atomic E-state index is 13.0. The Morgan fingerprint density at radius 1 is 0.855 bits per heavy atom. The SMILES string of the molecule is CCC(CC)(CCOC(CC)(CC)CCC(=O)NCCO)OCCNC(=O)O[C@@H]1CC[C@]2(C)C(=CC[C@H]3C2CCC2(C)C([C@@H](C)CCCC(C)C)CC[C@H]32)C1. The molecule has 55 heavy (non-hydrogen) atoms. The van der Waals surface area contributed by atoms with Gasteiger partial charge >= 0.3 is 6.09 Å². The van der Waals surface area contributed by atoms with Crippen LogP contribution in [0, 0.1) is 46.3 Å². The standard InChI is InChI=1S/C47H84N2O6/c1-10-46(11-2,26-23-42(51)48-28-30-50)53-31-27-47(12-3,13-4)54-32-29-49-43(52)55-37-21-24-44(8)36(33-37)17-18-38-40-20-19-39(35(7)16-14-15-34(5)6)45(40,9)25-22-41(38)44/h17,34-35,37-41,50H,10-16,18-33H2,1-9H3,(H,48,51)(H,49,52)/t35-,37+,38+,39?,40+,41?,44+,45?/m0/s1. The summed E-state index contributed by atoms with van der Waals surface area (Å²) >= 11 is 0. The Bertz CT molecular complexity index is 1230. The Morgan fingerprint density at radius 2 is 1.55 bits per heavy atom. The minimum Gasteiger partial charge on any atom is -0.446 e. The van der Waals surface area contributed by atoms with E-state index in [1.807, 2.05) is 0 Å². The minimum absolute atomic E-state index is 0.0532. The van der Waals surface area contributed by atoms with E-state index in [1.54, 1.807) is 5.57 Å². The van der Waals surface area contributed by atoms with E-state index < -0.39 is 0 Å². The van der Waals surface area contributed by atoms with Crippen LogP contribution in [0.2, 0.25) is 0 Å². The van der Waals surface area contributed by atoms with Gasteiger partial charge < -0.3 is 30.0 Å². The summed E-state index contributed by atoms with van der Waals surface area (Å²) < 4.78 is 19.0. The minimum atomic E-state index is -0.357. The van der Waals surface area contributed by atoms with Gasteiger partial charge in [-0.05, 0) is 130 Å². The Hall–Kier alpha value is -1.64. The maximum atomic E-state index is 13.0. The van der Waals surface area contributed by atoms with E-state index in [1.165, 1.54) is 51.4 Å². The van der Waals surface area contributed by atoms with Gasteiger partial charge in [0.1, 0.15) is 6.10 Å². The molecule has 0 radical (unpaired) electrons. The average molecular weight is 773 g/mol. The molecule has 3 N–H and O–H groups in total. The van der Waals surface area contributed by atoms with Crippen molar-refractivity contribution in [2.24, 2.45) is 46.3 Å². The molecule has 4 rings (SSSR count). The van der Waals surface area contributed by atoms with Crippen LogP contribution in [0.3, 0.4) is 0 Å². The first-order valence-corrected chi connectivity index (χ1v) is 23.0. The molecule has 8 nitrogen and oxygen atoms in total. The van der Waals surface area contributed by atoms with E-state index in [-0.39, 0.29) is 47.9 Å². The fourth-order valence-corrected chi connectivity index (χ4v) is 12.2. The molecule has 8 atom stereocenters. The summed E-state index contributed by atoms with van der Waals surface area (Å²) in [5.74, 6) is 4.91. The Morgan fingerprint density at radius 3 is 2.22 bits per heavy atom. The van der Waals surface area contributed by atoms with Gasteiger partial charge in [-0.2, -0.15) is 0 Å². The third-order valence-corrected chi connectivity index (χ3v) is 16.1. The van der Waals surface area contributed by atoms with Gasteiger partial charge in [0, 0.05) is 25.9 Å². The number of amides is 2. The molecule has 318 valence electrons. The Balaban J connectivity index is 1.22. The van der Waals surface area contributed by atoms with Gasteiger partial charge in [-0.25, -0.2) is 4.79 Å². The molecule has 0 aromatic carbocycles. The van der Waals surface area contributed by atoms with Gasteiger partial charge in [-0.1, -0.05) is 93.2 Å². The van der Waals surface area contributed by atoms with Crippen LogP contribution < -0.4 is 10.6 Å². The lowest BCUT2D eigenvalue weighted by molar-refractivity contribution is -0.126. The second kappa shape index (κ2) is 20.9. The lowest BCUT2D eigenvalue weighted by Gasteiger charge is -2.58. The molecule has 3 unspecified atom stereocenters. The Kier molecular flexibility index (Phi) is 17.5. The van der Waals surface area contributed by atoms with Crippen LogP contribution in [0.4, 0.5) is 4.79 Å². The molecule has 0 aliphatic heterocycles. The molecule has 3 fully saturated rings. The van der Waals surface area contributed by atoms with Crippen LogP contribution in [0.15, 0.2) is 11.6 Å². The average Bonchev–Trinajstić information content (AvgIpc) is 3.53. The van der Waals surface area contributed by atoms with E-state index >= 15 is 0 Å². The third kappa shape index (κ3) is 11.3. The van der Waals surface area contributed by atoms with Gasteiger partial charge in [-0.3, -0.25) is 4.79 Å². The summed E-state index contributed by atoms with van der Waals surface area (Å²) in [5.41, 5.74) is 1.61. The van der Waals surface area contributed by atoms with E-state index in [0.29, 0.717) is 38.0 Å². The highest BCUT2D eigenvalue weighted by Crippen LogP contribution is 2.67. The van der Waals surface area contributed by atoms with Crippen molar-refractivity contribution in [3.05, 3.63) is 11.6 Å². The molecule has 3 saturated carbocycles. The second-order valence-corrected chi connectivity index (χ2v) is 19.3. The molecule has 0 saturated heterocycles. The number of rotatable bonds is 23. The molecule has 0 bridgehead atoms. The highest BCUT2D eigenvalue weighted by Gasteiger charge is 2.59. The molecule has 4 aliphatic rings. The van der Waals surface area contributed by atoms with Crippen LogP contribution >= 0.6 is 0 Å². The number of hydrogen-bond donors (Lipinski definition) is 3. The lowest BCUT2D eigenvalue weighted by Crippen LogP contribution is -2.51. The quantitative estimate of drug-likeness (QED) is 0.0705. The van der Waals surface area contributed by atoms with Crippen LogP contribution in [0.25, 0.3) is 0 Å². The zero-order valence-electron chi connectivity index (χ0n) is 36.9. The molecule has 0 spiro atoms. The van der Waals surface area contributed by atoms with Gasteiger partial charge in [0.2, 0.25) is 5.91 Å². The normalized spacial score (nSPS) is 29.9. The van der Waals surface area contributed by atoms with Crippen molar-refractivity contribution in [3.63, 3.8) is 0 Å². The monoisotopic (exact) mass is 773 g/mol. The number of nitrogens with one attached hydrogen (secondary N) is 2. The zero-order chi connectivity index (χ0) is 40.3. The van der Waals surface area contributed by atoms with Gasteiger partial charge in [0.25, 0.3) is 0 Å². The van der Waals surface area contributed by atoms with Crippen LogP contribution in [0.1, 0.15) is 178 Å². The number of hydrogen-bond acceptors (Lipinski definition) is 6. The van der Waals surface area contributed by atoms with Gasteiger partial charge in [0.05, 0.1) is 31.0 Å². The lowest BCUT2D eigenvalue weighted by atomic mass is 9.47. The largest absolute Gasteiger partial charge is 0.446 e. The fraction of sp³-hybridized carbons (Fsp3) is 0.915. The van der Waals surface area contributed by atoms with Gasteiger partial charge in [0.15, 0.2) is 0 Å². The van der Waals surface area contributed by atoms with Gasteiger partial charge in [-0.15, -0.1) is 0 Å². The predicted octanol–water partition coefficient (Wildman–Crippen LogP) is 10.6. The summed E-state index contributed by atoms with van der Waals surface area (Å²) in [6.45, 7) is 22.6. The summed E-state index contributed by atoms with van der Waals surface area (Å²) in [4.78, 5) is 25.2. The molecular weight excluding hydrogens is 689 g/mol. The first kappa shape index (κ1) is 46.1. The molecular formula is C47H84N2O6. The smallest absolute Gasteiger partial charge is 0.407 e. The summed E-state index contributed by atoms with van der Waals surface area (Å²) in [5, 5.41) is 14.7. The highest BCUT2D eigenvalue weighted by molar-refractivity contribution is 5.75. The molecule has 0 aromatic rings. The number of carbonyl (C=O) groups excluding carboxylic acids is 2. The van der Waals surface area contributed by atoms with Crippen molar-refractivity contribution < 1.29 is 28.9 Å². The zero-order valence-corrected chi connectivity index (χ0v) is 36.9. The number of aliphatic hydroxyl groups excluding tert-OH is 1. The van der Waals surface area contributed by atoms with Crippen molar-refractivity contribution in [3.8, 4) is 0 Å². The van der Waals surface area contributed by atoms with E-state index in [0.717, 1.165) is 86.9 Å². The van der Waals surface area contributed by atoms with Crippen molar-refractivity contribution in [1.29, 1.82) is 0 Å². The first-order chi connectivity index (χ1) is 26.2. The molecule has 0 heterocycles. The highest BCUT2D eigenvalue weighted by atomic mass is 16.6. The topological polar surface area (TPSA) is 106 Å². The van der Waals surface area contributed by atoms with Crippen LogP contribution in [-0.2, 0) is 19.0 Å². The molecule has 4 aliphatic carbocycles. The van der Waals surface area contributed by atoms with E-state index in [2.05, 4.69) is 79.0 Å². The number of aliphatic hydroxyl groups is 1. The van der Waals surface area contributed by atoms with Crippen molar-refractivity contribution in [1.82, 2.24) is 10.6 Å². The summed E-state index contributed by atoms with van der Waals surface area (Å²) in [6, 6.07) is 0. The maximum Gasteiger partial charge on any atom is 0.407 e. The first-order valence-electron chi connectivity index (χ1n) is 23.0. The summed E-state index contributed by atoms with van der Waals surface area (Å²) in [7, 11) is 0. The Labute approximate surface area is 336 Å². The van der Waals surface area contributed by atoms with E-state index in [9.17, 15) is 9.59 Å². The molecule has 0 aromatic heterocycles. The van der Waals surface area contributed by atoms with Crippen molar-refractivity contribution >= 4 is 12.0 Å². The predicted molar refractivity (Wildman–Crippen MR) is 224 cm³/mol. The number of ether oxygens (including phenoxy) is 3. The molecule has 2 amide bonds. The van der Waals surface area contributed by atoms with Crippen LogP contribution in [0.5, 0.6) is 0 Å². The second-order valence-electron chi connectivity index (χ2n) is 19.3. The van der Waals surface area contributed by atoms with E-state index in [4.69, 9.17) is 19.3 Å². The fourth-order valence-electron chi connectivity index (χ4n) is 12.2. The number of fused-ring (bicyclic) bond motifs is 5. The van der Waals surface area contributed by atoms with Crippen molar-refractivity contribution in [2.45, 2.75) is 195 Å². The van der Waals surface area contributed by atoms with Crippen molar-refractivity contribution in [2.75, 3.05) is 32.9 Å². The third-order valence-electron chi connectivity index (χ3n) is 16.1. The number of carbonyl (C=O) groups is 2. The van der Waals surface area contributed by atoms with Crippen LogP contribution in [-0.4, -0.2) is 67.3 Å². The summed E-state index contributed by atoms with van der Waals surface area (Å²) in [6.07, 6.45) is 21.2.